The normalized spacial score (nSPS) is 18.5. The van der Waals surface area contributed by atoms with Crippen molar-refractivity contribution in [2.24, 2.45) is 0 Å². The first-order valence-corrected chi connectivity index (χ1v) is 9.52. The molecule has 1 aliphatic heterocycles. The van der Waals surface area contributed by atoms with Crippen LogP contribution in [-0.2, 0) is 9.84 Å². The molecule has 1 aromatic heterocycles. The zero-order chi connectivity index (χ0) is 19.8. The number of nitrogens with zero attached hydrogens (tertiary/aromatic N) is 3. The molecule has 1 atom stereocenters. The minimum atomic E-state index is -5.70. The molecule has 1 fully saturated rings. The van der Waals surface area contributed by atoms with Crippen molar-refractivity contribution in [3.63, 3.8) is 0 Å². The van der Waals surface area contributed by atoms with Crippen molar-refractivity contribution in [1.82, 2.24) is 9.97 Å². The van der Waals surface area contributed by atoms with Crippen LogP contribution >= 0.6 is 0 Å². The third-order valence-electron chi connectivity index (χ3n) is 4.39. The fraction of sp³-hybridized carbons (Fsp3) is 0.375. The van der Waals surface area contributed by atoms with E-state index in [1.54, 1.807) is 6.07 Å². The van der Waals surface area contributed by atoms with Crippen LogP contribution in [0.1, 0.15) is 24.5 Å². The Balaban J connectivity index is 1.99. The Morgan fingerprint density at radius 2 is 1.96 bits per heavy atom. The number of piperidine rings is 1. The molecule has 2 heterocycles. The average Bonchev–Trinajstić information content (AvgIpc) is 2.61. The molecule has 0 spiro atoms. The van der Waals surface area contributed by atoms with Gasteiger partial charge in [-0.1, -0.05) is 0 Å². The Kier molecular flexibility index (Phi) is 4.98. The van der Waals surface area contributed by atoms with E-state index in [1.807, 2.05) is 0 Å². The summed E-state index contributed by atoms with van der Waals surface area (Å²) < 4.78 is 76.4. The predicted molar refractivity (Wildman–Crippen MR) is 90.3 cm³/mol. The Morgan fingerprint density at radius 3 is 2.63 bits per heavy atom. The van der Waals surface area contributed by atoms with E-state index in [9.17, 15) is 26.0 Å². The molecule has 1 saturated heterocycles. The summed E-state index contributed by atoms with van der Waals surface area (Å²) in [6.45, 7) is 0.561. The smallest absolute Gasteiger partial charge is 0.370 e. The lowest BCUT2D eigenvalue weighted by molar-refractivity contribution is -0.0435. The van der Waals surface area contributed by atoms with Gasteiger partial charge in [0, 0.05) is 25.2 Å². The highest BCUT2D eigenvalue weighted by Crippen LogP contribution is 2.38. The topological polar surface area (TPSA) is 89.2 Å². The molecule has 3 rings (SSSR count). The fourth-order valence-corrected chi connectivity index (χ4v) is 4.13. The van der Waals surface area contributed by atoms with Crippen molar-refractivity contribution in [1.29, 1.82) is 0 Å². The second kappa shape index (κ2) is 6.95. The number of sulfone groups is 1. The molecule has 1 unspecified atom stereocenters. The van der Waals surface area contributed by atoms with E-state index >= 15 is 0 Å². The Hall–Kier alpha value is -2.43. The third-order valence-corrected chi connectivity index (χ3v) is 5.91. The standard InChI is InChI=1S/C16H16F4N4O2S/c17-11-3-4-13(14(8-11)27(25,26)16(18,19)20)24-7-1-2-10(9-24)12-5-6-22-15(21)23-12/h3-6,8,10H,1-2,7,9H2,(H2,21,22,23). The number of benzene rings is 1. The maximum atomic E-state index is 13.5. The van der Waals surface area contributed by atoms with E-state index in [-0.39, 0.29) is 24.1 Å². The van der Waals surface area contributed by atoms with Gasteiger partial charge in [0.25, 0.3) is 9.84 Å². The second-order valence-electron chi connectivity index (χ2n) is 6.19. The lowest BCUT2D eigenvalue weighted by atomic mass is 9.94. The molecular formula is C16H16F4N4O2S. The maximum Gasteiger partial charge on any atom is 0.501 e. The van der Waals surface area contributed by atoms with Crippen LogP contribution in [0.5, 0.6) is 0 Å². The van der Waals surface area contributed by atoms with E-state index in [1.165, 1.54) is 11.1 Å². The number of hydrogen-bond donors (Lipinski definition) is 1. The molecule has 1 aliphatic rings. The summed E-state index contributed by atoms with van der Waals surface area (Å²) in [5.74, 6) is -1.15. The third kappa shape index (κ3) is 3.82. The molecule has 6 nitrogen and oxygen atoms in total. The number of halogens is 4. The van der Waals surface area contributed by atoms with Crippen LogP contribution < -0.4 is 10.6 Å². The van der Waals surface area contributed by atoms with Crippen LogP contribution in [-0.4, -0.2) is 37.0 Å². The molecule has 0 amide bonds. The number of aromatic nitrogens is 2. The van der Waals surface area contributed by atoms with Crippen LogP contribution in [0.4, 0.5) is 29.2 Å². The van der Waals surface area contributed by atoms with Gasteiger partial charge in [-0.2, -0.15) is 13.2 Å². The molecular weight excluding hydrogens is 388 g/mol. The van der Waals surface area contributed by atoms with Gasteiger partial charge in [0.1, 0.15) is 10.7 Å². The van der Waals surface area contributed by atoms with Crippen LogP contribution in [0.2, 0.25) is 0 Å². The minimum absolute atomic E-state index is 0.0757. The number of nitrogen functional groups attached to an aromatic ring is 1. The van der Waals surface area contributed by atoms with Gasteiger partial charge < -0.3 is 10.6 Å². The number of rotatable bonds is 3. The molecule has 146 valence electrons. The zero-order valence-corrected chi connectivity index (χ0v) is 14.8. The van der Waals surface area contributed by atoms with Gasteiger partial charge in [-0.05, 0) is 37.1 Å². The second-order valence-corrected chi connectivity index (χ2v) is 8.10. The molecule has 1 aromatic carbocycles. The lowest BCUT2D eigenvalue weighted by Crippen LogP contribution is -2.36. The van der Waals surface area contributed by atoms with Gasteiger partial charge >= 0.3 is 5.51 Å². The maximum absolute atomic E-state index is 13.5. The molecule has 2 N–H and O–H groups in total. The monoisotopic (exact) mass is 404 g/mol. The summed E-state index contributed by atoms with van der Waals surface area (Å²) >= 11 is 0. The Labute approximate surface area is 152 Å². The van der Waals surface area contributed by atoms with E-state index in [2.05, 4.69) is 9.97 Å². The van der Waals surface area contributed by atoms with Crippen molar-refractivity contribution in [2.45, 2.75) is 29.2 Å². The molecule has 0 saturated carbocycles. The first-order chi connectivity index (χ1) is 12.6. The predicted octanol–water partition coefficient (Wildman–Crippen LogP) is 2.88. The van der Waals surface area contributed by atoms with E-state index < -0.39 is 26.1 Å². The van der Waals surface area contributed by atoms with E-state index in [0.717, 1.165) is 12.1 Å². The van der Waals surface area contributed by atoms with Crippen molar-refractivity contribution in [3.8, 4) is 0 Å². The molecule has 0 aliphatic carbocycles. The highest BCUT2D eigenvalue weighted by atomic mass is 32.2. The lowest BCUT2D eigenvalue weighted by Gasteiger charge is -2.35. The van der Waals surface area contributed by atoms with Gasteiger partial charge in [-0.25, -0.2) is 22.8 Å². The van der Waals surface area contributed by atoms with E-state index in [4.69, 9.17) is 5.73 Å². The van der Waals surface area contributed by atoms with E-state index in [0.29, 0.717) is 31.1 Å². The van der Waals surface area contributed by atoms with Crippen molar-refractivity contribution in [3.05, 3.63) is 42.0 Å². The number of alkyl halides is 3. The van der Waals surface area contributed by atoms with Gasteiger partial charge in [-0.15, -0.1) is 0 Å². The molecule has 11 heteroatoms. The zero-order valence-electron chi connectivity index (χ0n) is 13.9. The van der Waals surface area contributed by atoms with Gasteiger partial charge in [0.2, 0.25) is 5.95 Å². The fourth-order valence-electron chi connectivity index (χ4n) is 3.14. The number of anilines is 2. The molecule has 0 radical (unpaired) electrons. The van der Waals surface area contributed by atoms with Crippen LogP contribution in [0.3, 0.4) is 0 Å². The summed E-state index contributed by atoms with van der Waals surface area (Å²) in [6, 6.07) is 4.06. The van der Waals surface area contributed by atoms with Gasteiger partial charge in [-0.3, -0.25) is 0 Å². The quantitative estimate of drug-likeness (QED) is 0.792. The van der Waals surface area contributed by atoms with Crippen LogP contribution in [0, 0.1) is 5.82 Å². The van der Waals surface area contributed by atoms with Gasteiger partial charge in [0.15, 0.2) is 0 Å². The Bertz CT molecular complexity index is 950. The summed E-state index contributed by atoms with van der Waals surface area (Å²) in [5, 5.41) is 0. The molecule has 0 bridgehead atoms. The SMILES string of the molecule is Nc1nccc(C2CCCN(c3ccc(F)cc3S(=O)(=O)C(F)(F)F)C2)n1. The van der Waals surface area contributed by atoms with Crippen molar-refractivity contribution < 1.29 is 26.0 Å². The summed E-state index contributed by atoms with van der Waals surface area (Å²) in [7, 11) is -5.70. The minimum Gasteiger partial charge on any atom is -0.370 e. The van der Waals surface area contributed by atoms with Crippen molar-refractivity contribution >= 4 is 21.5 Å². The van der Waals surface area contributed by atoms with Crippen LogP contribution in [0.15, 0.2) is 35.4 Å². The van der Waals surface area contributed by atoms with Crippen molar-refractivity contribution in [2.75, 3.05) is 23.7 Å². The van der Waals surface area contributed by atoms with Crippen LogP contribution in [0.25, 0.3) is 0 Å². The highest BCUT2D eigenvalue weighted by Gasteiger charge is 2.48. The summed E-state index contributed by atoms with van der Waals surface area (Å²) in [6.07, 6.45) is 2.78. The highest BCUT2D eigenvalue weighted by molar-refractivity contribution is 7.92. The van der Waals surface area contributed by atoms with Gasteiger partial charge in [0.05, 0.1) is 11.4 Å². The largest absolute Gasteiger partial charge is 0.501 e. The molecule has 2 aromatic rings. The summed E-state index contributed by atoms with van der Waals surface area (Å²) in [4.78, 5) is 8.35. The molecule has 27 heavy (non-hydrogen) atoms. The first kappa shape index (κ1) is 19.3. The summed E-state index contributed by atoms with van der Waals surface area (Å²) in [5.41, 5.74) is 0.493. The average molecular weight is 404 g/mol. The first-order valence-electron chi connectivity index (χ1n) is 8.04. The number of nitrogens with two attached hydrogens (primary N) is 1. The Morgan fingerprint density at radius 1 is 1.22 bits per heavy atom. The number of hydrogen-bond acceptors (Lipinski definition) is 6.